The third-order valence-corrected chi connectivity index (χ3v) is 6.92. The van der Waals surface area contributed by atoms with Crippen LogP contribution in [0.25, 0.3) is 0 Å². The van der Waals surface area contributed by atoms with E-state index in [1.165, 1.54) is 0 Å². The Balaban J connectivity index is 1.62. The summed E-state index contributed by atoms with van der Waals surface area (Å²) in [6.45, 7) is 4.85. The van der Waals surface area contributed by atoms with Gasteiger partial charge in [-0.15, -0.1) is 0 Å². The fourth-order valence-corrected chi connectivity index (χ4v) is 5.52. The predicted octanol–water partition coefficient (Wildman–Crippen LogP) is 0.428. The first kappa shape index (κ1) is 13.8. The Morgan fingerprint density at radius 3 is 2.74 bits per heavy atom. The topological polar surface area (TPSA) is 58.6 Å². The molecule has 110 valence electrons. The molecular weight excluding hydrogens is 264 g/mol. The third kappa shape index (κ3) is 2.96. The first-order valence-electron chi connectivity index (χ1n) is 7.36. The molecule has 0 radical (unpaired) electrons. The number of nitrogens with zero attached hydrogens (tertiary/aromatic N) is 1. The highest BCUT2D eigenvalue weighted by molar-refractivity contribution is 7.89. The molecule has 19 heavy (non-hydrogen) atoms. The first-order chi connectivity index (χ1) is 9.10. The number of piperidine rings is 1. The highest BCUT2D eigenvalue weighted by Gasteiger charge is 2.43. The zero-order valence-corrected chi connectivity index (χ0v) is 12.3. The van der Waals surface area contributed by atoms with Crippen molar-refractivity contribution in [3.05, 3.63) is 0 Å². The van der Waals surface area contributed by atoms with Crippen molar-refractivity contribution in [3.63, 3.8) is 0 Å². The summed E-state index contributed by atoms with van der Waals surface area (Å²) >= 11 is 0. The fraction of sp³-hybridized carbons (Fsp3) is 1.00. The lowest BCUT2D eigenvalue weighted by Gasteiger charge is -2.33. The number of hydrogen-bond acceptors (Lipinski definition) is 4. The zero-order chi connectivity index (χ0) is 13.3. The summed E-state index contributed by atoms with van der Waals surface area (Å²) in [5.74, 6) is 0.482. The molecule has 1 spiro atoms. The maximum Gasteiger partial charge on any atom is 0.214 e. The standard InChI is InChI=1S/C13H24N2O3S/c16-19(17,10-12-1-8-18-9-12)15-7-4-13(11-15)2-5-14-6-3-13/h12,14H,1-11H2. The van der Waals surface area contributed by atoms with Crippen molar-refractivity contribution < 1.29 is 13.2 Å². The number of ether oxygens (including phenoxy) is 1. The summed E-state index contributed by atoms with van der Waals surface area (Å²) in [7, 11) is -3.09. The van der Waals surface area contributed by atoms with E-state index in [0.29, 0.717) is 6.61 Å². The number of sulfonamides is 1. The van der Waals surface area contributed by atoms with Crippen molar-refractivity contribution >= 4 is 10.0 Å². The van der Waals surface area contributed by atoms with Gasteiger partial charge < -0.3 is 10.1 Å². The normalized spacial score (nSPS) is 32.1. The summed E-state index contributed by atoms with van der Waals surface area (Å²) in [6, 6.07) is 0. The Labute approximate surface area is 115 Å². The van der Waals surface area contributed by atoms with Crippen LogP contribution < -0.4 is 5.32 Å². The maximum atomic E-state index is 12.5. The van der Waals surface area contributed by atoms with E-state index in [4.69, 9.17) is 4.74 Å². The molecule has 3 heterocycles. The minimum absolute atomic E-state index is 0.203. The smallest absolute Gasteiger partial charge is 0.214 e. The quantitative estimate of drug-likeness (QED) is 0.818. The molecule has 3 saturated heterocycles. The highest BCUT2D eigenvalue weighted by atomic mass is 32.2. The average molecular weight is 288 g/mol. The highest BCUT2D eigenvalue weighted by Crippen LogP contribution is 2.39. The Hall–Kier alpha value is -0.170. The van der Waals surface area contributed by atoms with Crippen LogP contribution in [-0.4, -0.2) is 57.9 Å². The summed E-state index contributed by atoms with van der Waals surface area (Å²) in [5, 5.41) is 3.36. The maximum absolute atomic E-state index is 12.5. The summed E-state index contributed by atoms with van der Waals surface area (Å²) in [6.07, 6.45) is 4.16. The van der Waals surface area contributed by atoms with Gasteiger partial charge in [0.2, 0.25) is 10.0 Å². The molecule has 0 aromatic rings. The van der Waals surface area contributed by atoms with E-state index in [0.717, 1.165) is 58.5 Å². The van der Waals surface area contributed by atoms with Gasteiger partial charge in [-0.1, -0.05) is 0 Å². The second-order valence-corrected chi connectivity index (χ2v) is 8.36. The van der Waals surface area contributed by atoms with E-state index in [9.17, 15) is 8.42 Å². The molecule has 3 aliphatic rings. The molecule has 3 rings (SSSR count). The Morgan fingerprint density at radius 2 is 2.05 bits per heavy atom. The Bertz CT molecular complexity index is 412. The van der Waals surface area contributed by atoms with Crippen molar-refractivity contribution in [2.24, 2.45) is 11.3 Å². The zero-order valence-electron chi connectivity index (χ0n) is 11.4. The van der Waals surface area contributed by atoms with Crippen LogP contribution in [0.15, 0.2) is 0 Å². The van der Waals surface area contributed by atoms with E-state index in [2.05, 4.69) is 5.32 Å². The minimum atomic E-state index is -3.09. The molecule has 1 N–H and O–H groups in total. The molecule has 5 nitrogen and oxygen atoms in total. The van der Waals surface area contributed by atoms with Crippen molar-refractivity contribution in [2.75, 3.05) is 45.1 Å². The van der Waals surface area contributed by atoms with E-state index in [1.54, 1.807) is 4.31 Å². The van der Waals surface area contributed by atoms with Crippen LogP contribution in [0.3, 0.4) is 0 Å². The van der Waals surface area contributed by atoms with Gasteiger partial charge in [0.15, 0.2) is 0 Å². The van der Waals surface area contributed by atoms with Gasteiger partial charge in [-0.05, 0) is 50.1 Å². The van der Waals surface area contributed by atoms with Gasteiger partial charge in [-0.2, -0.15) is 0 Å². The third-order valence-electron chi connectivity index (χ3n) is 4.93. The van der Waals surface area contributed by atoms with E-state index in [1.807, 2.05) is 0 Å². The lowest BCUT2D eigenvalue weighted by Crippen LogP contribution is -2.40. The van der Waals surface area contributed by atoms with Gasteiger partial charge in [0.05, 0.1) is 12.4 Å². The largest absolute Gasteiger partial charge is 0.381 e. The van der Waals surface area contributed by atoms with Crippen LogP contribution in [-0.2, 0) is 14.8 Å². The van der Waals surface area contributed by atoms with E-state index in [-0.39, 0.29) is 17.1 Å². The molecule has 0 amide bonds. The molecule has 0 aromatic heterocycles. The van der Waals surface area contributed by atoms with Gasteiger partial charge in [0.1, 0.15) is 0 Å². The number of hydrogen-bond donors (Lipinski definition) is 1. The van der Waals surface area contributed by atoms with E-state index >= 15 is 0 Å². The first-order valence-corrected chi connectivity index (χ1v) is 8.97. The lowest BCUT2D eigenvalue weighted by molar-refractivity contribution is 0.188. The molecule has 0 aromatic carbocycles. The average Bonchev–Trinajstić information content (AvgIpc) is 3.01. The summed E-state index contributed by atoms with van der Waals surface area (Å²) in [5.41, 5.74) is 0.254. The minimum Gasteiger partial charge on any atom is -0.381 e. The van der Waals surface area contributed by atoms with Gasteiger partial charge in [0, 0.05) is 19.7 Å². The molecule has 6 heteroatoms. The van der Waals surface area contributed by atoms with Crippen LogP contribution in [0.2, 0.25) is 0 Å². The number of rotatable bonds is 3. The Morgan fingerprint density at radius 1 is 1.26 bits per heavy atom. The van der Waals surface area contributed by atoms with Gasteiger partial charge >= 0.3 is 0 Å². The van der Waals surface area contributed by atoms with Crippen LogP contribution in [0.1, 0.15) is 25.7 Å². The molecule has 3 fully saturated rings. The van der Waals surface area contributed by atoms with Crippen molar-refractivity contribution in [3.8, 4) is 0 Å². The predicted molar refractivity (Wildman–Crippen MR) is 73.4 cm³/mol. The molecule has 0 aliphatic carbocycles. The Kier molecular flexibility index (Phi) is 3.86. The summed E-state index contributed by atoms with van der Waals surface area (Å²) < 4.78 is 32.0. The lowest BCUT2D eigenvalue weighted by atomic mass is 9.78. The van der Waals surface area contributed by atoms with E-state index < -0.39 is 10.0 Å². The van der Waals surface area contributed by atoms with Crippen LogP contribution in [0, 0.1) is 11.3 Å². The van der Waals surface area contributed by atoms with Crippen LogP contribution in [0.5, 0.6) is 0 Å². The van der Waals surface area contributed by atoms with Gasteiger partial charge in [-0.3, -0.25) is 0 Å². The second-order valence-electron chi connectivity index (χ2n) is 6.34. The van der Waals surface area contributed by atoms with Crippen molar-refractivity contribution in [1.82, 2.24) is 9.62 Å². The SMILES string of the molecule is O=S(=O)(CC1CCOC1)N1CCC2(CCNCC2)C1. The monoisotopic (exact) mass is 288 g/mol. The van der Waals surface area contributed by atoms with Crippen molar-refractivity contribution in [2.45, 2.75) is 25.7 Å². The van der Waals surface area contributed by atoms with Gasteiger partial charge in [0.25, 0.3) is 0 Å². The molecular formula is C13H24N2O3S. The molecule has 0 bridgehead atoms. The molecule has 1 atom stereocenters. The van der Waals surface area contributed by atoms with Crippen LogP contribution >= 0.6 is 0 Å². The second kappa shape index (κ2) is 5.31. The summed E-state index contributed by atoms with van der Waals surface area (Å²) in [4.78, 5) is 0. The fourth-order valence-electron chi connectivity index (χ4n) is 3.61. The van der Waals surface area contributed by atoms with Crippen molar-refractivity contribution in [1.29, 1.82) is 0 Å². The molecule has 0 saturated carbocycles. The van der Waals surface area contributed by atoms with Crippen LogP contribution in [0.4, 0.5) is 0 Å². The number of nitrogens with one attached hydrogen (secondary N) is 1. The van der Waals surface area contributed by atoms with Gasteiger partial charge in [-0.25, -0.2) is 12.7 Å². The molecule has 3 aliphatic heterocycles. The molecule has 1 unspecified atom stereocenters.